The van der Waals surface area contributed by atoms with Crippen LogP contribution in [0.3, 0.4) is 0 Å². The summed E-state index contributed by atoms with van der Waals surface area (Å²) in [6.45, 7) is 4.36. The molecule has 0 spiro atoms. The van der Waals surface area contributed by atoms with Gasteiger partial charge in [0.25, 0.3) is 5.56 Å². The molecule has 8 heteroatoms. The number of thioether (sulfide) groups is 1. The van der Waals surface area contributed by atoms with Crippen molar-refractivity contribution in [3.63, 3.8) is 0 Å². The maximum absolute atomic E-state index is 13.8. The molecule has 0 radical (unpaired) electrons. The summed E-state index contributed by atoms with van der Waals surface area (Å²) in [5.74, 6) is 0.488. The lowest BCUT2D eigenvalue weighted by Crippen LogP contribution is -2.23. The van der Waals surface area contributed by atoms with E-state index in [0.717, 1.165) is 53.6 Å². The van der Waals surface area contributed by atoms with Crippen LogP contribution in [0.15, 0.2) is 58.5 Å². The minimum Gasteiger partial charge on any atom is -0.325 e. The van der Waals surface area contributed by atoms with Gasteiger partial charge < -0.3 is 5.32 Å². The van der Waals surface area contributed by atoms with Crippen LogP contribution >= 0.6 is 34.7 Å². The molecular weight excluding hydrogens is 510 g/mol. The Morgan fingerprint density at radius 1 is 1.14 bits per heavy atom. The Morgan fingerprint density at radius 3 is 2.58 bits per heavy atom. The zero-order chi connectivity index (χ0) is 25.2. The van der Waals surface area contributed by atoms with Crippen molar-refractivity contribution < 1.29 is 4.79 Å². The van der Waals surface area contributed by atoms with E-state index in [1.54, 1.807) is 28.0 Å². The van der Waals surface area contributed by atoms with Gasteiger partial charge in [0.1, 0.15) is 4.83 Å². The number of aromatic nitrogens is 2. The Balaban J connectivity index is 1.44. The van der Waals surface area contributed by atoms with Crippen molar-refractivity contribution in [3.05, 3.63) is 79.9 Å². The highest BCUT2D eigenvalue weighted by Crippen LogP contribution is 2.35. The molecule has 0 saturated carbocycles. The van der Waals surface area contributed by atoms with Crippen LogP contribution in [-0.4, -0.2) is 21.2 Å². The summed E-state index contributed by atoms with van der Waals surface area (Å²) in [5.41, 5.74) is 3.78. The number of hydrogen-bond acceptors (Lipinski definition) is 5. The van der Waals surface area contributed by atoms with E-state index in [-0.39, 0.29) is 17.2 Å². The molecule has 1 N–H and O–H groups in total. The van der Waals surface area contributed by atoms with Crippen molar-refractivity contribution in [1.29, 1.82) is 0 Å². The van der Waals surface area contributed by atoms with E-state index < -0.39 is 0 Å². The van der Waals surface area contributed by atoms with Crippen molar-refractivity contribution in [1.82, 2.24) is 9.55 Å². The fraction of sp³-hybridized carbons (Fsp3) is 0.321. The summed E-state index contributed by atoms with van der Waals surface area (Å²) in [6.07, 6.45) is 5.22. The van der Waals surface area contributed by atoms with E-state index in [4.69, 9.17) is 16.6 Å². The third-order valence-electron chi connectivity index (χ3n) is 6.75. The molecule has 0 saturated heterocycles. The Bertz CT molecular complexity index is 1460. The predicted molar refractivity (Wildman–Crippen MR) is 151 cm³/mol. The second-order valence-electron chi connectivity index (χ2n) is 9.17. The number of carbonyl (C=O) groups is 1. The van der Waals surface area contributed by atoms with Gasteiger partial charge in [-0.15, -0.1) is 11.3 Å². The first kappa shape index (κ1) is 25.1. The molecule has 4 aromatic rings. The van der Waals surface area contributed by atoms with Crippen molar-refractivity contribution in [2.24, 2.45) is 0 Å². The number of anilines is 1. The monoisotopic (exact) mass is 537 g/mol. The lowest BCUT2D eigenvalue weighted by atomic mass is 9.97. The van der Waals surface area contributed by atoms with Crippen LogP contribution in [0.25, 0.3) is 15.9 Å². The predicted octanol–water partition coefficient (Wildman–Crippen LogP) is 7.22. The van der Waals surface area contributed by atoms with Crippen molar-refractivity contribution in [2.75, 3.05) is 11.1 Å². The quantitative estimate of drug-likeness (QED) is 0.199. The number of rotatable bonds is 7. The van der Waals surface area contributed by atoms with Crippen LogP contribution in [0.4, 0.5) is 5.69 Å². The van der Waals surface area contributed by atoms with Crippen molar-refractivity contribution in [2.45, 2.75) is 57.0 Å². The average molecular weight is 538 g/mol. The number of halogens is 1. The largest absolute Gasteiger partial charge is 0.325 e. The zero-order valence-corrected chi connectivity index (χ0v) is 22.7. The number of aryl methyl sites for hydroxylation is 2. The highest BCUT2D eigenvalue weighted by atomic mass is 35.5. The molecule has 5 nitrogen and oxygen atoms in total. The van der Waals surface area contributed by atoms with Gasteiger partial charge in [-0.1, -0.05) is 49.3 Å². The molecule has 2 aromatic carbocycles. The highest BCUT2D eigenvalue weighted by molar-refractivity contribution is 7.99. The molecule has 0 fully saturated rings. The molecule has 1 aliphatic carbocycles. The minimum absolute atomic E-state index is 0.0785. The summed E-state index contributed by atoms with van der Waals surface area (Å²) in [4.78, 5) is 33.5. The first-order chi connectivity index (χ1) is 17.4. The van der Waals surface area contributed by atoms with Gasteiger partial charge in [-0.2, -0.15) is 0 Å². The van der Waals surface area contributed by atoms with Gasteiger partial charge in [0.2, 0.25) is 5.91 Å². The number of hydrogen-bond donors (Lipinski definition) is 1. The van der Waals surface area contributed by atoms with E-state index in [1.165, 1.54) is 22.2 Å². The van der Waals surface area contributed by atoms with Crippen molar-refractivity contribution >= 4 is 56.5 Å². The Kier molecular flexibility index (Phi) is 7.51. The maximum atomic E-state index is 13.8. The molecule has 1 atom stereocenters. The molecular formula is C28H28ClN3O2S2. The molecule has 186 valence electrons. The van der Waals surface area contributed by atoms with E-state index in [2.05, 4.69) is 31.3 Å². The van der Waals surface area contributed by atoms with Gasteiger partial charge in [0.05, 0.1) is 16.8 Å². The van der Waals surface area contributed by atoms with Gasteiger partial charge in [0, 0.05) is 15.6 Å². The molecule has 1 amide bonds. The molecule has 5 rings (SSSR count). The second-order valence-corrected chi connectivity index (χ2v) is 11.6. The fourth-order valence-corrected chi connectivity index (χ4v) is 6.80. The molecule has 2 aromatic heterocycles. The van der Waals surface area contributed by atoms with Crippen LogP contribution in [0.5, 0.6) is 0 Å². The van der Waals surface area contributed by atoms with E-state index in [1.807, 2.05) is 24.3 Å². The number of thiophene rings is 1. The average Bonchev–Trinajstić information content (AvgIpc) is 3.27. The minimum atomic E-state index is -0.140. The third kappa shape index (κ3) is 5.10. The summed E-state index contributed by atoms with van der Waals surface area (Å²) in [7, 11) is 0. The number of amides is 1. The number of fused-ring (bicyclic) bond motifs is 3. The molecule has 36 heavy (non-hydrogen) atoms. The summed E-state index contributed by atoms with van der Waals surface area (Å²) in [5, 5.41) is 4.80. The molecule has 0 unspecified atom stereocenters. The Hall–Kier alpha value is -2.61. The highest BCUT2D eigenvalue weighted by Gasteiger charge is 2.23. The van der Waals surface area contributed by atoms with Gasteiger partial charge in [-0.25, -0.2) is 4.98 Å². The first-order valence-corrected chi connectivity index (χ1v) is 14.5. The molecule has 1 aliphatic rings. The van der Waals surface area contributed by atoms with Gasteiger partial charge in [-0.3, -0.25) is 14.2 Å². The molecule has 0 bridgehead atoms. The van der Waals surface area contributed by atoms with Gasteiger partial charge in [-0.05, 0) is 85.5 Å². The summed E-state index contributed by atoms with van der Waals surface area (Å²) < 4.78 is 1.62. The topological polar surface area (TPSA) is 64.0 Å². The van der Waals surface area contributed by atoms with Crippen LogP contribution in [0, 0.1) is 0 Å². The SMILES string of the molecule is CC[C@@H](C)c1ccc(NC(=O)CSc2nc3sc4c(c3c(=O)n2-c2ccc(Cl)cc2)CCCC4)cc1. The van der Waals surface area contributed by atoms with E-state index >= 15 is 0 Å². The van der Waals surface area contributed by atoms with Crippen LogP contribution in [0.1, 0.15) is 55.0 Å². The summed E-state index contributed by atoms with van der Waals surface area (Å²) >= 11 is 9.00. The third-order valence-corrected chi connectivity index (χ3v) is 9.13. The van der Waals surface area contributed by atoms with E-state index in [9.17, 15) is 9.59 Å². The lowest BCUT2D eigenvalue weighted by Gasteiger charge is -2.14. The standard InChI is InChI=1S/C28H28ClN3O2S2/c1-3-17(2)18-8-12-20(13-9-18)30-24(33)16-35-28-31-26-25(22-6-4-5-7-23(22)36-26)27(34)32(28)21-14-10-19(29)11-15-21/h8-15,17H,3-7,16H2,1-2H3,(H,30,33)/t17-/m1/s1. The second kappa shape index (κ2) is 10.8. The van der Waals surface area contributed by atoms with Gasteiger partial charge in [0.15, 0.2) is 5.16 Å². The van der Waals surface area contributed by atoms with Crippen LogP contribution in [0.2, 0.25) is 5.02 Å². The zero-order valence-electron chi connectivity index (χ0n) is 20.3. The van der Waals surface area contributed by atoms with Crippen molar-refractivity contribution in [3.8, 4) is 5.69 Å². The number of carbonyl (C=O) groups excluding carboxylic acids is 1. The van der Waals surface area contributed by atoms with Gasteiger partial charge >= 0.3 is 0 Å². The number of nitrogens with zero attached hydrogens (tertiary/aromatic N) is 2. The smallest absolute Gasteiger partial charge is 0.267 e. The fourth-order valence-electron chi connectivity index (χ4n) is 4.56. The first-order valence-electron chi connectivity index (χ1n) is 12.3. The Morgan fingerprint density at radius 2 is 1.86 bits per heavy atom. The molecule has 2 heterocycles. The van der Waals surface area contributed by atoms with Crippen LogP contribution in [-0.2, 0) is 17.6 Å². The van der Waals surface area contributed by atoms with Crippen LogP contribution < -0.4 is 10.9 Å². The normalized spacial score (nSPS) is 14.0. The molecule has 0 aliphatic heterocycles. The number of nitrogens with one attached hydrogen (secondary N) is 1. The van der Waals surface area contributed by atoms with E-state index in [0.29, 0.717) is 21.8 Å². The maximum Gasteiger partial charge on any atom is 0.267 e. The summed E-state index contributed by atoms with van der Waals surface area (Å²) in [6, 6.07) is 15.2. The lowest BCUT2D eigenvalue weighted by molar-refractivity contribution is -0.113. The Labute approximate surface area is 223 Å². The number of benzene rings is 2.